The average Bonchev–Trinajstić information content (AvgIpc) is 3.08. The molecule has 0 fully saturated rings. The maximum absolute atomic E-state index is 11.6. The van der Waals surface area contributed by atoms with Crippen molar-refractivity contribution in [2.24, 2.45) is 5.92 Å². The second kappa shape index (κ2) is 10.0. The molecule has 0 aliphatic carbocycles. The molecular formula is C22H29N3O3S. The monoisotopic (exact) mass is 415 g/mol. The third-order valence-corrected chi connectivity index (χ3v) is 5.68. The molecule has 0 aliphatic heterocycles. The number of rotatable bonds is 10. The first-order valence-electron chi connectivity index (χ1n) is 9.96. The van der Waals surface area contributed by atoms with E-state index in [-0.39, 0.29) is 10.6 Å². The van der Waals surface area contributed by atoms with Crippen LogP contribution in [0.15, 0.2) is 41.2 Å². The highest BCUT2D eigenvalue weighted by atomic mass is 32.1. The second-order valence-corrected chi connectivity index (χ2v) is 8.69. The summed E-state index contributed by atoms with van der Waals surface area (Å²) in [5.74, 6) is 0.654. The Kier molecular flexibility index (Phi) is 7.44. The van der Waals surface area contributed by atoms with Crippen molar-refractivity contribution in [1.82, 2.24) is 15.6 Å². The van der Waals surface area contributed by atoms with Gasteiger partial charge >= 0.3 is 4.87 Å². The Labute approximate surface area is 174 Å². The molecule has 2 aromatic carbocycles. The van der Waals surface area contributed by atoms with Crippen molar-refractivity contribution in [3.8, 4) is 5.75 Å². The fraction of sp³-hybridized carbons (Fsp3) is 0.409. The number of hydrogen-bond acceptors (Lipinski definition) is 6. The molecule has 0 spiro atoms. The van der Waals surface area contributed by atoms with Gasteiger partial charge in [0.25, 0.3) is 0 Å². The van der Waals surface area contributed by atoms with Gasteiger partial charge in [-0.05, 0) is 42.6 Å². The summed E-state index contributed by atoms with van der Waals surface area (Å²) >= 11 is 1.00. The first-order chi connectivity index (χ1) is 13.9. The standard InChI is InChI=1S/C22H29N3O3S/c1-14(2)11-24-12-16-5-3-4-15(10-16)8-9-23-13-19(27)17-6-7-18(26)20-21(17)29-22(28)25-20/h3-7,10,14,19,23-24,26-27H,8-9,11-13H2,1-2H3,(H,25,28). The first kappa shape index (κ1) is 21.5. The van der Waals surface area contributed by atoms with Gasteiger partial charge in [-0.2, -0.15) is 0 Å². The van der Waals surface area contributed by atoms with Crippen molar-refractivity contribution >= 4 is 21.6 Å². The van der Waals surface area contributed by atoms with Gasteiger partial charge in [0.05, 0.1) is 10.8 Å². The van der Waals surface area contributed by atoms with E-state index in [0.717, 1.165) is 37.4 Å². The largest absolute Gasteiger partial charge is 0.506 e. The van der Waals surface area contributed by atoms with Gasteiger partial charge in [0.2, 0.25) is 0 Å². The lowest BCUT2D eigenvalue weighted by molar-refractivity contribution is 0.176. The number of phenols is 1. The van der Waals surface area contributed by atoms with Gasteiger partial charge in [0.1, 0.15) is 11.3 Å². The molecule has 0 amide bonds. The van der Waals surface area contributed by atoms with Crippen LogP contribution in [0.2, 0.25) is 0 Å². The van der Waals surface area contributed by atoms with Crippen LogP contribution in [-0.2, 0) is 13.0 Å². The molecule has 0 bridgehead atoms. The maximum Gasteiger partial charge on any atom is 0.305 e. The number of phenolic OH excluding ortho intramolecular Hbond substituents is 1. The number of aliphatic hydroxyl groups excluding tert-OH is 1. The minimum atomic E-state index is -0.754. The number of nitrogens with one attached hydrogen (secondary N) is 3. The van der Waals surface area contributed by atoms with E-state index >= 15 is 0 Å². The highest BCUT2D eigenvalue weighted by Crippen LogP contribution is 2.31. The molecule has 1 unspecified atom stereocenters. The van der Waals surface area contributed by atoms with E-state index in [0.29, 0.717) is 28.2 Å². The van der Waals surface area contributed by atoms with E-state index in [9.17, 15) is 15.0 Å². The second-order valence-electron chi connectivity index (χ2n) is 7.71. The van der Waals surface area contributed by atoms with Crippen molar-refractivity contribution in [3.63, 3.8) is 0 Å². The molecule has 0 radical (unpaired) electrons. The van der Waals surface area contributed by atoms with Gasteiger partial charge in [-0.1, -0.05) is 55.5 Å². The molecule has 29 heavy (non-hydrogen) atoms. The SMILES string of the molecule is CC(C)CNCc1cccc(CCNCC(O)c2ccc(O)c3[nH]c(=O)sc23)c1. The van der Waals surface area contributed by atoms with Crippen molar-refractivity contribution in [2.75, 3.05) is 19.6 Å². The van der Waals surface area contributed by atoms with Crippen LogP contribution in [0, 0.1) is 5.92 Å². The summed E-state index contributed by atoms with van der Waals surface area (Å²) in [5.41, 5.74) is 3.56. The number of aromatic amines is 1. The Balaban J connectivity index is 1.51. The highest BCUT2D eigenvalue weighted by molar-refractivity contribution is 7.16. The lowest BCUT2D eigenvalue weighted by atomic mass is 10.1. The molecular weight excluding hydrogens is 386 g/mol. The molecule has 3 aromatic rings. The minimum Gasteiger partial charge on any atom is -0.506 e. The molecule has 1 aromatic heterocycles. The maximum atomic E-state index is 11.6. The summed E-state index contributed by atoms with van der Waals surface area (Å²) in [4.78, 5) is 14.0. The number of aliphatic hydroxyl groups is 1. The number of hydrogen-bond donors (Lipinski definition) is 5. The number of thiazole rings is 1. The summed E-state index contributed by atoms with van der Waals surface area (Å²) in [6, 6.07) is 11.7. The Bertz CT molecular complexity index is 996. The predicted octanol–water partition coefficient (Wildman–Crippen LogP) is 2.91. The number of fused-ring (bicyclic) bond motifs is 1. The van der Waals surface area contributed by atoms with Crippen LogP contribution in [0.4, 0.5) is 0 Å². The molecule has 0 saturated carbocycles. The van der Waals surface area contributed by atoms with E-state index in [1.807, 2.05) is 0 Å². The van der Waals surface area contributed by atoms with Gasteiger partial charge in [0.15, 0.2) is 0 Å². The number of benzene rings is 2. The van der Waals surface area contributed by atoms with Crippen LogP contribution in [0.5, 0.6) is 5.75 Å². The summed E-state index contributed by atoms with van der Waals surface area (Å²) in [6.07, 6.45) is 0.115. The molecule has 0 saturated heterocycles. The highest BCUT2D eigenvalue weighted by Gasteiger charge is 2.15. The van der Waals surface area contributed by atoms with E-state index in [1.54, 1.807) is 6.07 Å². The van der Waals surface area contributed by atoms with E-state index in [4.69, 9.17) is 0 Å². The Hall–Kier alpha value is -2.19. The van der Waals surface area contributed by atoms with Crippen LogP contribution >= 0.6 is 11.3 Å². The Morgan fingerprint density at radius 1 is 1.10 bits per heavy atom. The van der Waals surface area contributed by atoms with Gasteiger partial charge in [-0.15, -0.1) is 0 Å². The fourth-order valence-electron chi connectivity index (χ4n) is 3.28. The van der Waals surface area contributed by atoms with Gasteiger partial charge in [0, 0.05) is 18.7 Å². The Morgan fingerprint density at radius 3 is 2.69 bits per heavy atom. The summed E-state index contributed by atoms with van der Waals surface area (Å²) in [5, 5.41) is 27.2. The van der Waals surface area contributed by atoms with Crippen molar-refractivity contribution in [1.29, 1.82) is 0 Å². The molecule has 0 aliphatic rings. The summed E-state index contributed by atoms with van der Waals surface area (Å²) in [6.45, 7) is 7.39. The van der Waals surface area contributed by atoms with Crippen LogP contribution in [0.25, 0.3) is 10.2 Å². The zero-order valence-electron chi connectivity index (χ0n) is 16.9. The van der Waals surface area contributed by atoms with Crippen molar-refractivity contribution < 1.29 is 10.2 Å². The molecule has 6 nitrogen and oxygen atoms in total. The average molecular weight is 416 g/mol. The smallest absolute Gasteiger partial charge is 0.305 e. The topological polar surface area (TPSA) is 97.4 Å². The van der Waals surface area contributed by atoms with Gasteiger partial charge < -0.3 is 25.8 Å². The van der Waals surface area contributed by atoms with E-state index < -0.39 is 6.10 Å². The Morgan fingerprint density at radius 2 is 1.90 bits per heavy atom. The first-order valence-corrected chi connectivity index (χ1v) is 10.8. The summed E-state index contributed by atoms with van der Waals surface area (Å²) < 4.78 is 0.603. The van der Waals surface area contributed by atoms with Crippen LogP contribution in [0.3, 0.4) is 0 Å². The molecule has 156 valence electrons. The van der Waals surface area contributed by atoms with Crippen LogP contribution < -0.4 is 15.5 Å². The summed E-state index contributed by atoms with van der Waals surface area (Å²) in [7, 11) is 0. The molecule has 3 rings (SSSR count). The molecule has 1 heterocycles. The number of H-pyrrole nitrogens is 1. The van der Waals surface area contributed by atoms with E-state index in [2.05, 4.69) is 53.7 Å². The lowest BCUT2D eigenvalue weighted by Gasteiger charge is -2.14. The third kappa shape index (κ3) is 5.90. The van der Waals surface area contributed by atoms with Gasteiger partial charge in [-0.25, -0.2) is 0 Å². The van der Waals surface area contributed by atoms with Crippen molar-refractivity contribution in [2.45, 2.75) is 32.9 Å². The lowest BCUT2D eigenvalue weighted by Crippen LogP contribution is -2.24. The zero-order chi connectivity index (χ0) is 20.8. The quantitative estimate of drug-likeness (QED) is 0.328. The normalized spacial score (nSPS) is 12.7. The van der Waals surface area contributed by atoms with Crippen molar-refractivity contribution in [3.05, 3.63) is 62.8 Å². The number of aromatic hydroxyl groups is 1. The molecule has 7 heteroatoms. The number of aromatic nitrogens is 1. The van der Waals surface area contributed by atoms with Crippen LogP contribution in [-0.4, -0.2) is 34.8 Å². The zero-order valence-corrected chi connectivity index (χ0v) is 17.7. The molecule has 5 N–H and O–H groups in total. The van der Waals surface area contributed by atoms with Gasteiger partial charge in [-0.3, -0.25) is 4.79 Å². The third-order valence-electron chi connectivity index (χ3n) is 4.75. The minimum absolute atomic E-state index is 0.0185. The predicted molar refractivity (Wildman–Crippen MR) is 119 cm³/mol. The fourth-order valence-corrected chi connectivity index (χ4v) is 4.20. The van der Waals surface area contributed by atoms with Crippen LogP contribution in [0.1, 0.15) is 36.6 Å². The van der Waals surface area contributed by atoms with E-state index in [1.165, 1.54) is 17.2 Å². The molecule has 1 atom stereocenters.